The van der Waals surface area contributed by atoms with E-state index in [1.807, 2.05) is 54.6 Å². The first-order valence-electron chi connectivity index (χ1n) is 6.55. The van der Waals surface area contributed by atoms with Crippen molar-refractivity contribution in [3.63, 3.8) is 0 Å². The number of halogens is 1. The smallest absolute Gasteiger partial charge is 0.147 e. The lowest BCUT2D eigenvalue weighted by atomic mass is 10.1. The highest BCUT2D eigenvalue weighted by molar-refractivity contribution is 6.30. The minimum Gasteiger partial charge on any atom is -0.489 e. The van der Waals surface area contributed by atoms with E-state index >= 15 is 0 Å². The highest BCUT2D eigenvalue weighted by Gasteiger charge is 2.11. The predicted octanol–water partition coefficient (Wildman–Crippen LogP) is 4.00. The molecule has 2 aromatic rings. The van der Waals surface area contributed by atoms with Crippen LogP contribution in [0, 0.1) is 0 Å². The van der Waals surface area contributed by atoms with Crippen LogP contribution in [0.3, 0.4) is 0 Å². The molecule has 0 amide bonds. The third-order valence-electron chi connectivity index (χ3n) is 3.00. The minimum absolute atomic E-state index is 0.0118. The summed E-state index contributed by atoms with van der Waals surface area (Å²) in [4.78, 5) is 11.2. The van der Waals surface area contributed by atoms with Gasteiger partial charge in [-0.15, -0.1) is 11.6 Å². The normalized spacial score (nSPS) is 11.9. The summed E-state index contributed by atoms with van der Waals surface area (Å²) < 4.78 is 5.75. The van der Waals surface area contributed by atoms with Gasteiger partial charge in [0, 0.05) is 0 Å². The van der Waals surface area contributed by atoms with Gasteiger partial charge in [-0.25, -0.2) is 0 Å². The van der Waals surface area contributed by atoms with Crippen molar-refractivity contribution in [1.29, 1.82) is 0 Å². The fraction of sp³-hybridized carbons (Fsp3) is 0.235. The summed E-state index contributed by atoms with van der Waals surface area (Å²) in [6.07, 6.45) is 0.527. The number of ether oxygens (including phenoxy) is 1. The summed E-state index contributed by atoms with van der Waals surface area (Å²) in [6.45, 7) is 2.04. The van der Waals surface area contributed by atoms with Crippen LogP contribution >= 0.6 is 11.6 Å². The standard InChI is InChI=1S/C17H17ClO2/c1-13(19)17(18)11-15-8-5-9-16(10-15)20-12-14-6-3-2-4-7-14/h2-10,17H,11-12H2,1H3. The van der Waals surface area contributed by atoms with E-state index in [-0.39, 0.29) is 5.78 Å². The van der Waals surface area contributed by atoms with Crippen molar-refractivity contribution in [1.82, 2.24) is 0 Å². The van der Waals surface area contributed by atoms with Crippen molar-refractivity contribution < 1.29 is 9.53 Å². The summed E-state index contributed by atoms with van der Waals surface area (Å²) in [5, 5.41) is -0.473. The summed E-state index contributed by atoms with van der Waals surface area (Å²) in [6, 6.07) is 17.7. The first-order valence-corrected chi connectivity index (χ1v) is 6.99. The number of alkyl halides is 1. The average molecular weight is 289 g/mol. The SMILES string of the molecule is CC(=O)C(Cl)Cc1cccc(OCc2ccccc2)c1. The molecule has 0 aliphatic carbocycles. The topological polar surface area (TPSA) is 26.3 Å². The Bertz CT molecular complexity index is 566. The molecule has 3 heteroatoms. The van der Waals surface area contributed by atoms with Crippen LogP contribution in [-0.4, -0.2) is 11.2 Å². The molecule has 0 saturated carbocycles. The number of hydrogen-bond donors (Lipinski definition) is 0. The van der Waals surface area contributed by atoms with E-state index in [2.05, 4.69) is 0 Å². The third-order valence-corrected chi connectivity index (χ3v) is 3.46. The van der Waals surface area contributed by atoms with Crippen LogP contribution in [0.15, 0.2) is 54.6 Å². The average Bonchev–Trinajstić information content (AvgIpc) is 2.46. The van der Waals surface area contributed by atoms with Crippen LogP contribution in [0.5, 0.6) is 5.75 Å². The third kappa shape index (κ3) is 4.39. The molecule has 0 aromatic heterocycles. The number of carbonyl (C=O) groups is 1. The number of hydrogen-bond acceptors (Lipinski definition) is 2. The lowest BCUT2D eigenvalue weighted by Crippen LogP contribution is -2.13. The Labute approximate surface area is 124 Å². The molecule has 1 unspecified atom stereocenters. The number of carbonyl (C=O) groups excluding carboxylic acids is 1. The van der Waals surface area contributed by atoms with Crippen molar-refractivity contribution in [3.8, 4) is 5.75 Å². The van der Waals surface area contributed by atoms with Gasteiger partial charge in [-0.2, -0.15) is 0 Å². The van der Waals surface area contributed by atoms with Crippen LogP contribution in [0.1, 0.15) is 18.1 Å². The van der Waals surface area contributed by atoms with E-state index in [1.54, 1.807) is 0 Å². The largest absolute Gasteiger partial charge is 0.489 e. The van der Waals surface area contributed by atoms with Gasteiger partial charge in [0.15, 0.2) is 0 Å². The molecular formula is C17H17ClO2. The Morgan fingerprint density at radius 1 is 1.10 bits per heavy atom. The second-order valence-corrected chi connectivity index (χ2v) is 5.23. The Hall–Kier alpha value is -1.80. The van der Waals surface area contributed by atoms with Crippen molar-refractivity contribution in [2.75, 3.05) is 0 Å². The van der Waals surface area contributed by atoms with Crippen molar-refractivity contribution in [3.05, 3.63) is 65.7 Å². The molecule has 1 atom stereocenters. The van der Waals surface area contributed by atoms with Gasteiger partial charge in [-0.05, 0) is 36.6 Å². The Morgan fingerprint density at radius 3 is 2.50 bits per heavy atom. The van der Waals surface area contributed by atoms with Gasteiger partial charge in [0.25, 0.3) is 0 Å². The van der Waals surface area contributed by atoms with Crippen molar-refractivity contribution in [2.45, 2.75) is 25.3 Å². The Balaban J connectivity index is 1.97. The molecule has 0 radical (unpaired) electrons. The molecule has 0 saturated heterocycles. The van der Waals surface area contributed by atoms with E-state index in [0.717, 1.165) is 16.9 Å². The first kappa shape index (κ1) is 14.6. The van der Waals surface area contributed by atoms with Crippen LogP contribution in [0.2, 0.25) is 0 Å². The summed E-state index contributed by atoms with van der Waals surface area (Å²) >= 11 is 5.99. The van der Waals surface area contributed by atoms with E-state index < -0.39 is 5.38 Å². The van der Waals surface area contributed by atoms with E-state index in [4.69, 9.17) is 16.3 Å². The Kier molecular flexibility index (Phi) is 5.19. The predicted molar refractivity (Wildman–Crippen MR) is 81.2 cm³/mol. The number of Topliss-reactive ketones (excluding diaryl/α,β-unsaturated/α-hetero) is 1. The van der Waals surface area contributed by atoms with Gasteiger partial charge in [0.2, 0.25) is 0 Å². The molecule has 2 rings (SSSR count). The molecule has 104 valence electrons. The van der Waals surface area contributed by atoms with Gasteiger partial charge in [0.1, 0.15) is 18.1 Å². The van der Waals surface area contributed by atoms with Gasteiger partial charge >= 0.3 is 0 Å². The number of benzene rings is 2. The maximum Gasteiger partial charge on any atom is 0.147 e. The Morgan fingerprint density at radius 2 is 1.80 bits per heavy atom. The second-order valence-electron chi connectivity index (χ2n) is 4.70. The fourth-order valence-corrected chi connectivity index (χ4v) is 2.03. The van der Waals surface area contributed by atoms with E-state index in [9.17, 15) is 4.79 Å². The zero-order valence-corrected chi connectivity index (χ0v) is 12.1. The zero-order valence-electron chi connectivity index (χ0n) is 11.4. The first-order chi connectivity index (χ1) is 9.65. The molecule has 0 N–H and O–H groups in total. The molecule has 20 heavy (non-hydrogen) atoms. The quantitative estimate of drug-likeness (QED) is 0.751. The summed E-state index contributed by atoms with van der Waals surface area (Å²) in [7, 11) is 0. The highest BCUT2D eigenvalue weighted by atomic mass is 35.5. The summed E-state index contributed by atoms with van der Waals surface area (Å²) in [5.74, 6) is 0.779. The molecule has 0 spiro atoms. The van der Waals surface area contributed by atoms with Crippen molar-refractivity contribution >= 4 is 17.4 Å². The monoisotopic (exact) mass is 288 g/mol. The van der Waals surface area contributed by atoms with Crippen LogP contribution in [-0.2, 0) is 17.8 Å². The van der Waals surface area contributed by atoms with Crippen LogP contribution in [0.4, 0.5) is 0 Å². The molecule has 0 fully saturated rings. The van der Waals surface area contributed by atoms with E-state index in [1.165, 1.54) is 6.92 Å². The lowest BCUT2D eigenvalue weighted by Gasteiger charge is -2.09. The lowest BCUT2D eigenvalue weighted by molar-refractivity contribution is -0.116. The molecule has 0 bridgehead atoms. The van der Waals surface area contributed by atoms with Crippen LogP contribution < -0.4 is 4.74 Å². The zero-order chi connectivity index (χ0) is 14.4. The summed E-state index contributed by atoms with van der Waals surface area (Å²) in [5.41, 5.74) is 2.13. The molecule has 2 nitrogen and oxygen atoms in total. The van der Waals surface area contributed by atoms with Gasteiger partial charge in [0.05, 0.1) is 5.38 Å². The van der Waals surface area contributed by atoms with Crippen molar-refractivity contribution in [2.24, 2.45) is 0 Å². The maximum atomic E-state index is 11.2. The maximum absolute atomic E-state index is 11.2. The molecular weight excluding hydrogens is 272 g/mol. The van der Waals surface area contributed by atoms with E-state index in [0.29, 0.717) is 13.0 Å². The second kappa shape index (κ2) is 7.11. The molecule has 2 aromatic carbocycles. The van der Waals surface area contributed by atoms with Gasteiger partial charge in [-0.3, -0.25) is 4.79 Å². The molecule has 0 aliphatic heterocycles. The minimum atomic E-state index is -0.473. The van der Waals surface area contributed by atoms with Crippen LogP contribution in [0.25, 0.3) is 0 Å². The van der Waals surface area contributed by atoms with Gasteiger partial charge < -0.3 is 4.74 Å². The van der Waals surface area contributed by atoms with Gasteiger partial charge in [-0.1, -0.05) is 42.5 Å². The number of ketones is 1. The molecule has 0 heterocycles. The number of rotatable bonds is 6. The molecule has 0 aliphatic rings. The fourth-order valence-electron chi connectivity index (χ4n) is 1.85. The highest BCUT2D eigenvalue weighted by Crippen LogP contribution is 2.18.